The summed E-state index contributed by atoms with van der Waals surface area (Å²) in [6.45, 7) is 9.19. The van der Waals surface area contributed by atoms with E-state index in [9.17, 15) is 4.79 Å². The number of amides is 1. The summed E-state index contributed by atoms with van der Waals surface area (Å²) in [7, 11) is 0. The van der Waals surface area contributed by atoms with Gasteiger partial charge in [0.25, 0.3) is 0 Å². The van der Waals surface area contributed by atoms with Crippen LogP contribution in [0.1, 0.15) is 39.4 Å². The van der Waals surface area contributed by atoms with E-state index in [0.717, 1.165) is 18.7 Å². The third kappa shape index (κ3) is 3.19. The van der Waals surface area contributed by atoms with Crippen LogP contribution in [0.2, 0.25) is 0 Å². The van der Waals surface area contributed by atoms with Crippen LogP contribution in [0.4, 0.5) is 0 Å². The van der Waals surface area contributed by atoms with Crippen LogP contribution in [0.25, 0.3) is 0 Å². The first-order chi connectivity index (χ1) is 8.44. The van der Waals surface area contributed by atoms with Crippen molar-refractivity contribution in [3.8, 4) is 0 Å². The molecule has 5 nitrogen and oxygen atoms in total. The zero-order valence-electron chi connectivity index (χ0n) is 11.5. The fourth-order valence-corrected chi connectivity index (χ4v) is 1.99. The topological polar surface area (TPSA) is 62.7 Å². The first kappa shape index (κ1) is 14.9. The van der Waals surface area contributed by atoms with E-state index in [-0.39, 0.29) is 11.3 Å². The van der Waals surface area contributed by atoms with Gasteiger partial charge in [-0.2, -0.15) is 5.10 Å². The zero-order valence-corrected chi connectivity index (χ0v) is 12.4. The molecule has 1 amide bonds. The molecule has 0 atom stereocenters. The van der Waals surface area contributed by atoms with E-state index in [2.05, 4.69) is 15.5 Å². The Bertz CT molecular complexity index is 459. The number of carbonyl (C=O) groups is 1. The lowest BCUT2D eigenvalue weighted by atomic mass is 9.84. The van der Waals surface area contributed by atoms with E-state index in [1.165, 1.54) is 0 Å². The zero-order chi connectivity index (χ0) is 13.8. The van der Waals surface area contributed by atoms with Crippen LogP contribution in [-0.2, 0) is 11.3 Å². The maximum atomic E-state index is 12.1. The Balaban J connectivity index is 2.53. The molecule has 0 spiro atoms. The molecule has 1 aromatic heterocycles. The molecule has 0 radical (unpaired) electrons. The molecule has 0 aromatic carbocycles. The quantitative estimate of drug-likeness (QED) is 0.779. The number of hydrogen-bond donors (Lipinski definition) is 2. The van der Waals surface area contributed by atoms with Crippen molar-refractivity contribution in [2.75, 3.05) is 6.54 Å². The van der Waals surface area contributed by atoms with Gasteiger partial charge in [-0.25, -0.2) is 0 Å². The van der Waals surface area contributed by atoms with Gasteiger partial charge in [-0.15, -0.1) is 0 Å². The molecule has 0 saturated heterocycles. The Morgan fingerprint density at radius 1 is 1.50 bits per heavy atom. The average molecular weight is 270 g/mol. The summed E-state index contributed by atoms with van der Waals surface area (Å²) >= 11 is 5.10. The number of aromatic amines is 1. The normalized spacial score (nSPS) is 11.6. The highest BCUT2D eigenvalue weighted by Gasteiger charge is 2.28. The summed E-state index contributed by atoms with van der Waals surface area (Å²) in [4.78, 5) is 12.1. The van der Waals surface area contributed by atoms with Crippen molar-refractivity contribution in [1.82, 2.24) is 20.1 Å². The molecule has 1 heterocycles. The molecule has 6 heteroatoms. The third-order valence-electron chi connectivity index (χ3n) is 3.68. The molecule has 0 fully saturated rings. The van der Waals surface area contributed by atoms with Gasteiger partial charge in [-0.1, -0.05) is 20.8 Å². The van der Waals surface area contributed by atoms with E-state index in [0.29, 0.717) is 17.9 Å². The third-order valence-corrected chi connectivity index (χ3v) is 3.99. The second-order valence-electron chi connectivity index (χ2n) is 4.75. The van der Waals surface area contributed by atoms with Crippen molar-refractivity contribution in [2.45, 2.75) is 47.1 Å². The molecular formula is C12H22N4OS. The standard InChI is InChI=1S/C12H22N4OS/c1-5-12(4,6-2)10(17)13-7-8-16-9(3)14-15-11(16)18/h5-8H2,1-4H3,(H,13,17)(H,15,18). The number of H-pyrrole nitrogens is 1. The van der Waals surface area contributed by atoms with Crippen molar-refractivity contribution < 1.29 is 4.79 Å². The monoisotopic (exact) mass is 270 g/mol. The molecule has 1 aromatic rings. The van der Waals surface area contributed by atoms with Gasteiger partial charge in [0.15, 0.2) is 4.77 Å². The molecule has 2 N–H and O–H groups in total. The molecule has 0 saturated carbocycles. The van der Waals surface area contributed by atoms with Crippen LogP contribution in [-0.4, -0.2) is 27.2 Å². The lowest BCUT2D eigenvalue weighted by Gasteiger charge is -2.25. The summed E-state index contributed by atoms with van der Waals surface area (Å²) < 4.78 is 2.47. The second kappa shape index (κ2) is 6.13. The largest absolute Gasteiger partial charge is 0.354 e. The highest BCUT2D eigenvalue weighted by Crippen LogP contribution is 2.25. The number of nitrogens with zero attached hydrogens (tertiary/aromatic N) is 2. The number of carbonyl (C=O) groups excluding carboxylic acids is 1. The highest BCUT2D eigenvalue weighted by atomic mass is 32.1. The Kier molecular flexibility index (Phi) is 5.07. The SMILES string of the molecule is CCC(C)(CC)C(=O)NCCn1c(C)n[nH]c1=S. The minimum atomic E-state index is -0.271. The van der Waals surface area contributed by atoms with E-state index in [4.69, 9.17) is 12.2 Å². The van der Waals surface area contributed by atoms with Crippen LogP contribution in [0, 0.1) is 17.1 Å². The summed E-state index contributed by atoms with van der Waals surface area (Å²) in [5.41, 5.74) is -0.271. The average Bonchev–Trinajstić information content (AvgIpc) is 2.69. The molecular weight excluding hydrogens is 248 g/mol. The first-order valence-corrected chi connectivity index (χ1v) is 6.75. The smallest absolute Gasteiger partial charge is 0.225 e. The van der Waals surface area contributed by atoms with Crippen LogP contribution in [0.15, 0.2) is 0 Å². The van der Waals surface area contributed by atoms with Gasteiger partial charge >= 0.3 is 0 Å². The number of rotatable bonds is 6. The van der Waals surface area contributed by atoms with E-state index in [1.807, 2.05) is 32.3 Å². The molecule has 0 bridgehead atoms. The Hall–Kier alpha value is -1.17. The van der Waals surface area contributed by atoms with Gasteiger partial charge in [0.2, 0.25) is 5.91 Å². The molecule has 0 unspecified atom stereocenters. The van der Waals surface area contributed by atoms with Crippen molar-refractivity contribution in [3.05, 3.63) is 10.6 Å². The van der Waals surface area contributed by atoms with Crippen molar-refractivity contribution in [2.24, 2.45) is 5.41 Å². The maximum absolute atomic E-state index is 12.1. The van der Waals surface area contributed by atoms with Crippen LogP contribution < -0.4 is 5.32 Å². The van der Waals surface area contributed by atoms with Crippen LogP contribution >= 0.6 is 12.2 Å². The van der Waals surface area contributed by atoms with Gasteiger partial charge < -0.3 is 9.88 Å². The lowest BCUT2D eigenvalue weighted by Crippen LogP contribution is -2.39. The van der Waals surface area contributed by atoms with Crippen molar-refractivity contribution >= 4 is 18.1 Å². The predicted molar refractivity (Wildman–Crippen MR) is 73.8 cm³/mol. The van der Waals surface area contributed by atoms with Crippen LogP contribution in [0.3, 0.4) is 0 Å². The minimum Gasteiger partial charge on any atom is -0.354 e. The molecule has 0 aliphatic carbocycles. The predicted octanol–water partition coefficient (Wildman–Crippen LogP) is 2.19. The number of nitrogens with one attached hydrogen (secondary N) is 2. The summed E-state index contributed by atoms with van der Waals surface area (Å²) in [6, 6.07) is 0. The number of hydrogen-bond acceptors (Lipinski definition) is 3. The molecule has 0 aliphatic heterocycles. The fourth-order valence-electron chi connectivity index (χ4n) is 1.73. The Labute approximate surface area is 113 Å². The minimum absolute atomic E-state index is 0.111. The number of aryl methyl sites for hydroxylation is 1. The fraction of sp³-hybridized carbons (Fsp3) is 0.750. The summed E-state index contributed by atoms with van der Waals surface area (Å²) in [6.07, 6.45) is 1.69. The molecule has 0 aliphatic rings. The molecule has 18 heavy (non-hydrogen) atoms. The molecule has 102 valence electrons. The highest BCUT2D eigenvalue weighted by molar-refractivity contribution is 7.71. The second-order valence-corrected chi connectivity index (χ2v) is 5.14. The van der Waals surface area contributed by atoms with Crippen LogP contribution in [0.5, 0.6) is 0 Å². The van der Waals surface area contributed by atoms with E-state index >= 15 is 0 Å². The molecule has 1 rings (SSSR count). The van der Waals surface area contributed by atoms with Gasteiger partial charge in [0.1, 0.15) is 5.82 Å². The number of aromatic nitrogens is 3. The van der Waals surface area contributed by atoms with Gasteiger partial charge in [-0.3, -0.25) is 9.89 Å². The maximum Gasteiger partial charge on any atom is 0.225 e. The summed E-state index contributed by atoms with van der Waals surface area (Å²) in [5, 5.41) is 9.73. The van der Waals surface area contributed by atoms with Gasteiger partial charge in [-0.05, 0) is 32.0 Å². The van der Waals surface area contributed by atoms with Gasteiger partial charge in [0.05, 0.1) is 0 Å². The lowest BCUT2D eigenvalue weighted by molar-refractivity contribution is -0.130. The Morgan fingerprint density at radius 2 is 2.11 bits per heavy atom. The van der Waals surface area contributed by atoms with E-state index < -0.39 is 0 Å². The van der Waals surface area contributed by atoms with E-state index in [1.54, 1.807) is 0 Å². The Morgan fingerprint density at radius 3 is 2.56 bits per heavy atom. The van der Waals surface area contributed by atoms with Crippen molar-refractivity contribution in [3.63, 3.8) is 0 Å². The van der Waals surface area contributed by atoms with Gasteiger partial charge in [0, 0.05) is 18.5 Å². The first-order valence-electron chi connectivity index (χ1n) is 6.34. The summed E-state index contributed by atoms with van der Waals surface area (Å²) in [5.74, 6) is 0.947. The van der Waals surface area contributed by atoms with Crippen molar-refractivity contribution in [1.29, 1.82) is 0 Å².